The van der Waals surface area contributed by atoms with E-state index in [1.807, 2.05) is 22.0 Å². The van der Waals surface area contributed by atoms with Crippen molar-refractivity contribution in [2.75, 3.05) is 159 Å². The lowest BCUT2D eigenvalue weighted by molar-refractivity contribution is -0.258. The number of ether oxygens (including phenoxy) is 13. The zero-order valence-electron chi connectivity index (χ0n) is 56.0. The van der Waals surface area contributed by atoms with Gasteiger partial charge in [-0.25, -0.2) is 17.6 Å². The second-order valence-electron chi connectivity index (χ2n) is 21.9. The maximum Gasteiger partial charge on any atom is 0.305 e. The normalized spacial score (nSPS) is 19.8. The van der Waals surface area contributed by atoms with Gasteiger partial charge in [0.2, 0.25) is 29.4 Å². The number of esters is 2. The fourth-order valence-electron chi connectivity index (χ4n) is 10.8. The molecule has 4 aliphatic heterocycles. The number of allylic oxidation sites excluding steroid dienone is 4. The summed E-state index contributed by atoms with van der Waals surface area (Å²) in [5, 5.41) is 10.6. The third kappa shape index (κ3) is 22.6. The Labute approximate surface area is 586 Å². The number of halogens is 5. The topological polar surface area (TPSA) is 278 Å². The number of fused-ring (bicyclic) bond motifs is 6. The first kappa shape index (κ1) is 78.4. The number of hydrogen-bond donors (Lipinski definition) is 1. The highest BCUT2D eigenvalue weighted by molar-refractivity contribution is 9.09. The summed E-state index contributed by atoms with van der Waals surface area (Å²) in [5.41, 5.74) is 1.05. The molecule has 0 saturated carbocycles. The number of alkyl halides is 1. The van der Waals surface area contributed by atoms with Crippen LogP contribution >= 0.6 is 15.9 Å². The van der Waals surface area contributed by atoms with E-state index < -0.39 is 76.9 Å². The largest absolute Gasteiger partial charge is 0.505 e. The van der Waals surface area contributed by atoms with Crippen molar-refractivity contribution in [3.63, 3.8) is 0 Å². The van der Waals surface area contributed by atoms with E-state index >= 15 is 4.39 Å². The van der Waals surface area contributed by atoms with Crippen molar-refractivity contribution in [2.24, 2.45) is 0 Å². The zero-order valence-corrected chi connectivity index (χ0v) is 57.6. The molecule has 548 valence electrons. The minimum Gasteiger partial charge on any atom is -0.505 e. The van der Waals surface area contributed by atoms with Crippen LogP contribution in [0.3, 0.4) is 0 Å². The second-order valence-corrected chi connectivity index (χ2v) is 22.4. The first-order chi connectivity index (χ1) is 48.9. The predicted octanol–water partition coefficient (Wildman–Crippen LogP) is 9.14. The Kier molecular flexibility index (Phi) is 31.4. The molecule has 0 radical (unpaired) electrons. The van der Waals surface area contributed by atoms with Gasteiger partial charge < -0.3 is 95.1 Å². The fourth-order valence-corrected chi connectivity index (χ4v) is 11.1. The van der Waals surface area contributed by atoms with Gasteiger partial charge in [0.25, 0.3) is 0 Å². The van der Waals surface area contributed by atoms with Crippen LogP contribution in [0.15, 0.2) is 128 Å². The van der Waals surface area contributed by atoms with Crippen molar-refractivity contribution in [3.8, 4) is 34.1 Å². The molecule has 0 spiro atoms. The highest BCUT2D eigenvalue weighted by Crippen LogP contribution is 2.44. The van der Waals surface area contributed by atoms with Crippen LogP contribution in [0.4, 0.5) is 17.6 Å². The van der Waals surface area contributed by atoms with Gasteiger partial charge in [-0.2, -0.15) is 9.78 Å². The number of phenolic OH excluding ortho intramolecular Hbond substituents is 1. The molecule has 4 unspecified atom stereocenters. The fraction of sp³-hybridized carbons (Fsp3) is 0.429. The lowest BCUT2D eigenvalue weighted by atomic mass is 9.88. The molecule has 10 rings (SSSR count). The van der Waals surface area contributed by atoms with E-state index in [4.69, 9.17) is 85.2 Å². The number of carbonyl (C=O) groups excluding carboxylic acids is 2. The maximum absolute atomic E-state index is 15.5. The van der Waals surface area contributed by atoms with Crippen LogP contribution in [-0.4, -0.2) is 210 Å². The minimum atomic E-state index is -1.01. The summed E-state index contributed by atoms with van der Waals surface area (Å²) in [5.74, 6) is -4.93. The Hall–Kier alpha value is -8.28. The summed E-state index contributed by atoms with van der Waals surface area (Å²) in [4.78, 5) is 69.5. The number of phenols is 1. The molecule has 1 N–H and O–H groups in total. The van der Waals surface area contributed by atoms with Crippen molar-refractivity contribution in [3.05, 3.63) is 165 Å². The number of rotatable bonds is 12. The molecule has 2 saturated heterocycles. The molecule has 0 aromatic heterocycles. The number of nitrogens with zero attached hydrogens (tertiary/aromatic N) is 2. The predicted molar refractivity (Wildman–Crippen MR) is 358 cm³/mol. The molecule has 8 aliphatic rings. The summed E-state index contributed by atoms with van der Waals surface area (Å²) in [6, 6.07) is 7.85. The number of hydrogen-bond acceptors (Lipinski definition) is 26. The van der Waals surface area contributed by atoms with Crippen molar-refractivity contribution in [1.29, 1.82) is 0 Å². The average Bonchev–Trinajstić information content (AvgIpc) is 0.751. The number of benzene rings is 4. The van der Waals surface area contributed by atoms with E-state index in [0.717, 1.165) is 36.4 Å². The van der Waals surface area contributed by atoms with Crippen LogP contribution < -0.4 is 15.6 Å². The molecule has 2 aromatic carbocycles. The van der Waals surface area contributed by atoms with Gasteiger partial charge in [0.15, 0.2) is 34.8 Å². The van der Waals surface area contributed by atoms with Gasteiger partial charge >= 0.3 is 11.9 Å². The first-order valence-corrected chi connectivity index (χ1v) is 32.9. The van der Waals surface area contributed by atoms with E-state index in [2.05, 4.69) is 33.8 Å². The first-order valence-electron chi connectivity index (χ1n) is 31.8. The summed E-state index contributed by atoms with van der Waals surface area (Å²) < 4.78 is 143. The van der Waals surface area contributed by atoms with Gasteiger partial charge in [0.05, 0.1) is 145 Å². The van der Waals surface area contributed by atoms with Gasteiger partial charge in [-0.3, -0.25) is 19.2 Å². The van der Waals surface area contributed by atoms with Crippen LogP contribution in [0.2, 0.25) is 0 Å². The van der Waals surface area contributed by atoms with E-state index in [0.29, 0.717) is 127 Å². The molecule has 2 aromatic rings. The van der Waals surface area contributed by atoms with E-state index in [-0.39, 0.29) is 101 Å². The molecule has 31 heteroatoms. The molecular formula is C70H79BrF4N2O24. The zero-order chi connectivity index (χ0) is 72.2. The van der Waals surface area contributed by atoms with E-state index in [1.54, 1.807) is 24.3 Å². The van der Waals surface area contributed by atoms with Crippen molar-refractivity contribution in [1.82, 2.24) is 9.80 Å². The molecule has 0 amide bonds. The lowest BCUT2D eigenvalue weighted by Gasteiger charge is -2.37. The molecule has 4 heterocycles. The summed E-state index contributed by atoms with van der Waals surface area (Å²) in [7, 11) is 2.73. The average molecular weight is 1490 g/mol. The van der Waals surface area contributed by atoms with Gasteiger partial charge in [-0.1, -0.05) is 24.3 Å². The number of aromatic hydroxyl groups is 1. The van der Waals surface area contributed by atoms with Crippen molar-refractivity contribution in [2.45, 2.75) is 38.1 Å². The smallest absolute Gasteiger partial charge is 0.305 e. The standard InChI is InChI=1S/C35H39F2NO12.C32H35F2NO10.C3H5BrO2/c1-22(50-41-3)38-6-7-42-8-9-43-10-11-44-12-13-45-14-15-46-34-16-24(4-5-29(34)38)35-25-17-27(36)30(40)19-31(25)49-32-20-33(28(37)18-26(32)35)48-21-47-23(2)39;1-20(45-38-2)35-5-6-39-7-8-40-9-10-41-11-12-42-13-14-43-31-15-21(3-4-26(31)35)32-22-16-24(33)27(36)18-29(22)44-30-19-28(37)25(34)17-23(30)32;1-3(5)6-2-4/h4-5,16-20,29,34H,1,6-15,21H2,2-3H3;3-4,15-19,26,31,36H,1,5-14H2,2H3;2H2,1H3. The minimum absolute atomic E-state index is 0.0544. The van der Waals surface area contributed by atoms with E-state index in [9.17, 15) is 37.5 Å². The van der Waals surface area contributed by atoms with Crippen molar-refractivity contribution < 1.29 is 122 Å². The van der Waals surface area contributed by atoms with Gasteiger partial charge in [0.1, 0.15) is 40.4 Å². The van der Waals surface area contributed by atoms with Gasteiger partial charge in [-0.15, -0.1) is 0 Å². The van der Waals surface area contributed by atoms with Gasteiger partial charge in [-0.05, 0) is 76.7 Å². The molecule has 4 atom stereocenters. The molecule has 2 fully saturated rings. The third-order valence-electron chi connectivity index (χ3n) is 15.3. The Bertz CT molecular complexity index is 3940. The Morgan fingerprint density at radius 1 is 0.525 bits per heavy atom. The lowest BCUT2D eigenvalue weighted by Crippen LogP contribution is -2.45. The van der Waals surface area contributed by atoms with Crippen molar-refractivity contribution >= 4 is 61.0 Å². The monoisotopic (exact) mass is 1490 g/mol. The van der Waals surface area contributed by atoms with Crippen LogP contribution in [0.25, 0.3) is 55.7 Å². The molecule has 101 heavy (non-hydrogen) atoms. The highest BCUT2D eigenvalue weighted by Gasteiger charge is 2.35. The Morgan fingerprint density at radius 3 is 1.30 bits per heavy atom. The van der Waals surface area contributed by atoms with Gasteiger partial charge in [0, 0.05) is 84.2 Å². The van der Waals surface area contributed by atoms with Crippen LogP contribution in [-0.2, 0) is 86.0 Å². The third-order valence-corrected chi connectivity index (χ3v) is 15.5. The van der Waals surface area contributed by atoms with Crippen LogP contribution in [0, 0.1) is 23.3 Å². The van der Waals surface area contributed by atoms with Crippen LogP contribution in [0.5, 0.6) is 11.5 Å². The maximum atomic E-state index is 15.5. The van der Waals surface area contributed by atoms with E-state index in [1.165, 1.54) is 40.2 Å². The SMILES string of the molecule is C=C(OOC)N1CCOCCOCCOCCOCCOC2C=C(c3c4cc(F)c(=O)cc-4oc4cc(O)c(F)cc34)C=CC21.C=C(OOC)N1CCOCCOCCOCCOCCOC2C=C(c3c4cc(F)c(=O)cc-4oc4cc(OCOC(C)=O)c(F)cc34)C=CC21.CC(=O)OCBr. The van der Waals surface area contributed by atoms with Crippen LogP contribution in [0.1, 0.15) is 25.0 Å². The second kappa shape index (κ2) is 40.4. The number of carbonyl (C=O) groups is 2. The molecular weight excluding hydrogens is 1410 g/mol. The summed E-state index contributed by atoms with van der Waals surface area (Å²) in [6.07, 6.45) is 9.49. The molecule has 0 bridgehead atoms. The summed E-state index contributed by atoms with van der Waals surface area (Å²) in [6.45, 7) is 17.0. The Balaban J connectivity index is 0.000000238. The molecule has 26 nitrogen and oxygen atoms in total. The molecule has 4 aliphatic carbocycles. The highest BCUT2D eigenvalue weighted by atomic mass is 79.9. The summed E-state index contributed by atoms with van der Waals surface area (Å²) >= 11 is 2.91. The Morgan fingerprint density at radius 2 is 0.911 bits per heavy atom. The quantitative estimate of drug-likeness (QED) is 0.0175.